The third-order valence-corrected chi connectivity index (χ3v) is 2.70. The Balaban J connectivity index is 2.31. The predicted octanol–water partition coefficient (Wildman–Crippen LogP) is 3.99. The van der Waals surface area contributed by atoms with E-state index in [2.05, 4.69) is 20.9 Å². The van der Waals surface area contributed by atoms with Gasteiger partial charge in [0, 0.05) is 16.7 Å². The summed E-state index contributed by atoms with van der Waals surface area (Å²) in [5, 5.41) is 9.38. The van der Waals surface area contributed by atoms with Crippen molar-refractivity contribution in [2.24, 2.45) is 0 Å². The molecule has 0 aliphatic carbocycles. The SMILES string of the molecule is O=C(O)c1cc(Br)cc(Oc2cncc(Cl)c2)c1. The van der Waals surface area contributed by atoms with E-state index in [9.17, 15) is 4.79 Å². The van der Waals surface area contributed by atoms with Crippen molar-refractivity contribution >= 4 is 33.5 Å². The Morgan fingerprint density at radius 2 is 2.00 bits per heavy atom. The van der Waals surface area contributed by atoms with Crippen LogP contribution in [0, 0.1) is 0 Å². The van der Waals surface area contributed by atoms with Gasteiger partial charge in [-0.25, -0.2) is 4.79 Å². The fourth-order valence-electron chi connectivity index (χ4n) is 1.33. The van der Waals surface area contributed by atoms with Gasteiger partial charge in [-0.15, -0.1) is 0 Å². The van der Waals surface area contributed by atoms with Gasteiger partial charge in [0.2, 0.25) is 0 Å². The molecule has 0 unspecified atom stereocenters. The van der Waals surface area contributed by atoms with Crippen LogP contribution in [-0.4, -0.2) is 16.1 Å². The number of aromatic carboxylic acids is 1. The molecule has 92 valence electrons. The Hall–Kier alpha value is -1.59. The molecular formula is C12H7BrClNO3. The maximum atomic E-state index is 10.9. The second-order valence-electron chi connectivity index (χ2n) is 3.42. The Morgan fingerprint density at radius 1 is 1.22 bits per heavy atom. The van der Waals surface area contributed by atoms with Crippen LogP contribution in [0.2, 0.25) is 5.02 Å². The number of ether oxygens (including phenoxy) is 1. The molecule has 0 radical (unpaired) electrons. The number of hydrogen-bond donors (Lipinski definition) is 1. The number of carbonyl (C=O) groups is 1. The van der Waals surface area contributed by atoms with E-state index in [1.54, 1.807) is 12.1 Å². The fourth-order valence-corrected chi connectivity index (χ4v) is 1.97. The summed E-state index contributed by atoms with van der Waals surface area (Å²) in [6.45, 7) is 0. The molecule has 1 heterocycles. The minimum absolute atomic E-state index is 0.134. The lowest BCUT2D eigenvalue weighted by atomic mass is 10.2. The number of carboxylic acids is 1. The first kappa shape index (κ1) is 12.9. The molecule has 0 atom stereocenters. The van der Waals surface area contributed by atoms with Crippen molar-refractivity contribution in [3.8, 4) is 11.5 Å². The zero-order chi connectivity index (χ0) is 13.1. The Bertz CT molecular complexity index is 604. The van der Waals surface area contributed by atoms with E-state index in [0.29, 0.717) is 21.0 Å². The number of rotatable bonds is 3. The van der Waals surface area contributed by atoms with E-state index in [1.165, 1.54) is 24.5 Å². The summed E-state index contributed by atoms with van der Waals surface area (Å²) in [5.41, 5.74) is 0.134. The number of hydrogen-bond acceptors (Lipinski definition) is 3. The summed E-state index contributed by atoms with van der Waals surface area (Å²) in [4.78, 5) is 14.8. The van der Waals surface area contributed by atoms with Crippen molar-refractivity contribution < 1.29 is 14.6 Å². The highest BCUT2D eigenvalue weighted by Crippen LogP contribution is 2.27. The molecule has 2 rings (SSSR count). The van der Waals surface area contributed by atoms with Gasteiger partial charge in [0.05, 0.1) is 16.8 Å². The van der Waals surface area contributed by atoms with Gasteiger partial charge in [-0.2, -0.15) is 0 Å². The molecule has 1 aromatic heterocycles. The van der Waals surface area contributed by atoms with Crippen molar-refractivity contribution in [1.82, 2.24) is 4.98 Å². The van der Waals surface area contributed by atoms with Crippen molar-refractivity contribution in [3.63, 3.8) is 0 Å². The van der Waals surface area contributed by atoms with Gasteiger partial charge in [0.15, 0.2) is 0 Å². The van der Waals surface area contributed by atoms with Gasteiger partial charge < -0.3 is 9.84 Å². The van der Waals surface area contributed by atoms with Crippen LogP contribution in [0.25, 0.3) is 0 Å². The van der Waals surface area contributed by atoms with Crippen LogP contribution in [0.4, 0.5) is 0 Å². The average molecular weight is 329 g/mol. The van der Waals surface area contributed by atoms with Gasteiger partial charge in [0.25, 0.3) is 0 Å². The third kappa shape index (κ3) is 3.21. The van der Waals surface area contributed by atoms with Crippen molar-refractivity contribution in [1.29, 1.82) is 0 Å². The van der Waals surface area contributed by atoms with Gasteiger partial charge in [-0.05, 0) is 18.2 Å². The molecular weight excluding hydrogens is 321 g/mol. The molecule has 18 heavy (non-hydrogen) atoms. The van der Waals surface area contributed by atoms with Crippen LogP contribution in [0.1, 0.15) is 10.4 Å². The normalized spacial score (nSPS) is 10.1. The highest BCUT2D eigenvalue weighted by Gasteiger charge is 2.07. The first-order valence-corrected chi connectivity index (χ1v) is 6.04. The molecule has 1 N–H and O–H groups in total. The lowest BCUT2D eigenvalue weighted by Crippen LogP contribution is -1.97. The molecule has 1 aromatic carbocycles. The second kappa shape index (κ2) is 5.37. The third-order valence-electron chi connectivity index (χ3n) is 2.03. The number of benzene rings is 1. The highest BCUT2D eigenvalue weighted by atomic mass is 79.9. The van der Waals surface area contributed by atoms with E-state index in [1.807, 2.05) is 0 Å². The average Bonchev–Trinajstić information content (AvgIpc) is 2.28. The van der Waals surface area contributed by atoms with Crippen LogP contribution in [0.5, 0.6) is 11.5 Å². The topological polar surface area (TPSA) is 59.4 Å². The van der Waals surface area contributed by atoms with Gasteiger partial charge in [0.1, 0.15) is 11.5 Å². The Labute approximate surface area is 116 Å². The van der Waals surface area contributed by atoms with E-state index in [-0.39, 0.29) is 5.56 Å². The molecule has 0 bridgehead atoms. The number of halogens is 2. The second-order valence-corrected chi connectivity index (χ2v) is 4.77. The van der Waals surface area contributed by atoms with Crippen molar-refractivity contribution in [2.45, 2.75) is 0 Å². The van der Waals surface area contributed by atoms with Gasteiger partial charge in [-0.1, -0.05) is 27.5 Å². The van der Waals surface area contributed by atoms with Crippen LogP contribution in [0.15, 0.2) is 41.1 Å². The summed E-state index contributed by atoms with van der Waals surface area (Å²) in [5.74, 6) is -0.187. The summed E-state index contributed by atoms with van der Waals surface area (Å²) < 4.78 is 6.11. The predicted molar refractivity (Wildman–Crippen MR) is 70.4 cm³/mol. The van der Waals surface area contributed by atoms with Crippen LogP contribution in [0.3, 0.4) is 0 Å². The first-order valence-electron chi connectivity index (χ1n) is 4.87. The van der Waals surface area contributed by atoms with Gasteiger partial charge in [-0.3, -0.25) is 4.98 Å². The molecule has 0 saturated carbocycles. The zero-order valence-corrected chi connectivity index (χ0v) is 11.3. The molecule has 4 nitrogen and oxygen atoms in total. The number of nitrogens with zero attached hydrogens (tertiary/aromatic N) is 1. The lowest BCUT2D eigenvalue weighted by Gasteiger charge is -2.07. The van der Waals surface area contributed by atoms with Gasteiger partial charge >= 0.3 is 5.97 Å². The monoisotopic (exact) mass is 327 g/mol. The van der Waals surface area contributed by atoms with E-state index in [4.69, 9.17) is 21.4 Å². The molecule has 0 saturated heterocycles. The molecule has 0 spiro atoms. The van der Waals surface area contributed by atoms with Crippen LogP contribution in [-0.2, 0) is 0 Å². The highest BCUT2D eigenvalue weighted by molar-refractivity contribution is 9.10. The van der Waals surface area contributed by atoms with E-state index in [0.717, 1.165) is 0 Å². The molecule has 0 fully saturated rings. The number of pyridine rings is 1. The maximum Gasteiger partial charge on any atom is 0.335 e. The fraction of sp³-hybridized carbons (Fsp3) is 0. The molecule has 0 amide bonds. The van der Waals surface area contributed by atoms with Crippen LogP contribution < -0.4 is 4.74 Å². The van der Waals surface area contributed by atoms with Crippen molar-refractivity contribution in [2.75, 3.05) is 0 Å². The standard InChI is InChI=1S/C12H7BrClNO3/c13-8-1-7(12(16)17)2-10(3-8)18-11-4-9(14)5-15-6-11/h1-6H,(H,16,17). The molecule has 2 aromatic rings. The summed E-state index contributed by atoms with van der Waals surface area (Å²) in [6, 6.07) is 6.17. The maximum absolute atomic E-state index is 10.9. The lowest BCUT2D eigenvalue weighted by molar-refractivity contribution is 0.0696. The zero-order valence-electron chi connectivity index (χ0n) is 8.93. The summed E-state index contributed by atoms with van der Waals surface area (Å²) in [6.07, 6.45) is 2.98. The van der Waals surface area contributed by atoms with E-state index < -0.39 is 5.97 Å². The Kier molecular flexibility index (Phi) is 3.84. The Morgan fingerprint density at radius 3 is 2.67 bits per heavy atom. The smallest absolute Gasteiger partial charge is 0.335 e. The molecule has 6 heteroatoms. The molecule has 0 aliphatic rings. The van der Waals surface area contributed by atoms with Crippen LogP contribution >= 0.6 is 27.5 Å². The summed E-state index contributed by atoms with van der Waals surface area (Å²) >= 11 is 9.00. The largest absolute Gasteiger partial charge is 0.478 e. The quantitative estimate of drug-likeness (QED) is 0.925. The molecule has 0 aliphatic heterocycles. The summed E-state index contributed by atoms with van der Waals surface area (Å²) in [7, 11) is 0. The minimum atomic E-state index is -1.02. The van der Waals surface area contributed by atoms with E-state index >= 15 is 0 Å². The number of carboxylic acid groups (broad SMARTS) is 1. The number of aromatic nitrogens is 1. The van der Waals surface area contributed by atoms with Crippen molar-refractivity contribution in [3.05, 3.63) is 51.7 Å². The first-order chi connectivity index (χ1) is 8.54. The minimum Gasteiger partial charge on any atom is -0.478 e.